The zero-order chi connectivity index (χ0) is 13.4. The van der Waals surface area contributed by atoms with Crippen molar-refractivity contribution in [2.45, 2.75) is 39.3 Å². The summed E-state index contributed by atoms with van der Waals surface area (Å²) in [6.07, 6.45) is 1.55. The Morgan fingerprint density at radius 3 is 2.12 bits per heavy atom. The average molecular weight is 241 g/mol. The van der Waals surface area contributed by atoms with Gasteiger partial charge in [0.2, 0.25) is 17.7 Å². The molecule has 3 amide bonds. The first-order chi connectivity index (χ1) is 7.92. The average Bonchev–Trinajstić information content (AvgIpc) is 2.28. The van der Waals surface area contributed by atoms with Crippen molar-refractivity contribution in [3.8, 4) is 0 Å². The predicted molar refractivity (Wildman–Crippen MR) is 63.8 cm³/mol. The molecule has 6 nitrogen and oxygen atoms in total. The molecule has 0 aliphatic heterocycles. The van der Waals surface area contributed by atoms with E-state index in [0.717, 1.165) is 0 Å². The van der Waals surface area contributed by atoms with Crippen LogP contribution < -0.4 is 16.0 Å². The van der Waals surface area contributed by atoms with Crippen LogP contribution in [0, 0.1) is 0 Å². The number of hydrogen-bond donors (Lipinski definition) is 3. The van der Waals surface area contributed by atoms with Gasteiger partial charge in [-0.3, -0.25) is 14.4 Å². The molecule has 0 unspecified atom stereocenters. The van der Waals surface area contributed by atoms with Gasteiger partial charge in [-0.2, -0.15) is 0 Å². The van der Waals surface area contributed by atoms with E-state index in [1.165, 1.54) is 6.20 Å². The van der Waals surface area contributed by atoms with Crippen LogP contribution in [0.4, 0.5) is 0 Å². The fourth-order valence-corrected chi connectivity index (χ4v) is 1.04. The molecule has 0 saturated heterocycles. The first kappa shape index (κ1) is 15.2. The minimum atomic E-state index is -0.679. The molecule has 96 valence electrons. The van der Waals surface area contributed by atoms with Crippen molar-refractivity contribution in [3.05, 3.63) is 12.8 Å². The molecule has 0 rings (SSSR count). The Kier molecular flexibility index (Phi) is 6.62. The van der Waals surface area contributed by atoms with Crippen molar-refractivity contribution in [1.29, 1.82) is 0 Å². The zero-order valence-electron chi connectivity index (χ0n) is 10.4. The second-order valence-corrected chi connectivity index (χ2v) is 3.59. The molecule has 2 atom stereocenters. The largest absolute Gasteiger partial charge is 0.345 e. The topological polar surface area (TPSA) is 87.3 Å². The predicted octanol–water partition coefficient (Wildman–Crippen LogP) is -0.335. The van der Waals surface area contributed by atoms with Gasteiger partial charge in [0.05, 0.1) is 0 Å². The Morgan fingerprint density at radius 1 is 1.12 bits per heavy atom. The number of amides is 3. The summed E-state index contributed by atoms with van der Waals surface area (Å²) in [6, 6.07) is -1.34. The van der Waals surface area contributed by atoms with Crippen LogP contribution in [0.1, 0.15) is 27.2 Å². The summed E-state index contributed by atoms with van der Waals surface area (Å²) in [5.74, 6) is -0.975. The van der Waals surface area contributed by atoms with Gasteiger partial charge in [0.15, 0.2) is 0 Å². The molecule has 0 spiro atoms. The van der Waals surface area contributed by atoms with Crippen LogP contribution in [0.3, 0.4) is 0 Å². The summed E-state index contributed by atoms with van der Waals surface area (Å²) in [7, 11) is 0. The molecule has 17 heavy (non-hydrogen) atoms. The van der Waals surface area contributed by atoms with Crippen LogP contribution in [-0.2, 0) is 14.4 Å². The minimum absolute atomic E-state index is 0.212. The summed E-state index contributed by atoms with van der Waals surface area (Å²) in [5.41, 5.74) is 0. The van der Waals surface area contributed by atoms with E-state index in [1.54, 1.807) is 20.8 Å². The normalized spacial score (nSPS) is 13.1. The molecular formula is C11H19N3O3. The summed E-state index contributed by atoms with van der Waals surface area (Å²) in [6.45, 7) is 8.14. The molecule has 0 aromatic carbocycles. The van der Waals surface area contributed by atoms with E-state index in [1.807, 2.05) is 0 Å². The molecule has 0 aliphatic rings. The molecule has 0 radical (unpaired) electrons. The lowest BCUT2D eigenvalue weighted by Crippen LogP contribution is -2.51. The van der Waals surface area contributed by atoms with Crippen molar-refractivity contribution >= 4 is 17.7 Å². The fraction of sp³-hybridized carbons (Fsp3) is 0.545. The van der Waals surface area contributed by atoms with Crippen LogP contribution in [0.15, 0.2) is 12.8 Å². The van der Waals surface area contributed by atoms with Gasteiger partial charge in [-0.1, -0.05) is 13.5 Å². The van der Waals surface area contributed by atoms with Gasteiger partial charge in [0.25, 0.3) is 0 Å². The van der Waals surface area contributed by atoms with E-state index < -0.39 is 18.0 Å². The quantitative estimate of drug-likeness (QED) is 0.595. The standard InChI is InChI=1S/C11H19N3O3/c1-5-9(15)13-8(4)11(17)14-7(3)10(16)12-6-2/h6-8H,2,5H2,1,3-4H3,(H,12,16)(H,13,15)(H,14,17)/t7-,8-/m0/s1. The van der Waals surface area contributed by atoms with Gasteiger partial charge in [-0.25, -0.2) is 0 Å². The lowest BCUT2D eigenvalue weighted by molar-refractivity contribution is -0.131. The number of carbonyl (C=O) groups excluding carboxylic acids is 3. The molecule has 0 aliphatic carbocycles. The third-order valence-electron chi connectivity index (χ3n) is 2.09. The SMILES string of the molecule is C=CNC(=O)[C@H](C)NC(=O)[C@H](C)NC(=O)CC. The summed E-state index contributed by atoms with van der Waals surface area (Å²) < 4.78 is 0. The zero-order valence-corrected chi connectivity index (χ0v) is 10.4. The molecular weight excluding hydrogens is 222 g/mol. The molecule has 0 heterocycles. The van der Waals surface area contributed by atoms with Gasteiger partial charge in [-0.05, 0) is 20.0 Å². The van der Waals surface area contributed by atoms with Gasteiger partial charge < -0.3 is 16.0 Å². The van der Waals surface area contributed by atoms with E-state index in [9.17, 15) is 14.4 Å². The lowest BCUT2D eigenvalue weighted by Gasteiger charge is -2.17. The third kappa shape index (κ3) is 5.70. The Labute approximate surface area is 101 Å². The van der Waals surface area contributed by atoms with Gasteiger partial charge in [0, 0.05) is 6.42 Å². The molecule has 6 heteroatoms. The second-order valence-electron chi connectivity index (χ2n) is 3.59. The number of carbonyl (C=O) groups is 3. The first-order valence-electron chi connectivity index (χ1n) is 5.43. The molecule has 0 saturated carbocycles. The minimum Gasteiger partial charge on any atom is -0.345 e. The van der Waals surface area contributed by atoms with Gasteiger partial charge in [0.1, 0.15) is 12.1 Å². The third-order valence-corrected chi connectivity index (χ3v) is 2.09. The first-order valence-corrected chi connectivity index (χ1v) is 5.43. The van der Waals surface area contributed by atoms with E-state index in [-0.39, 0.29) is 11.8 Å². The van der Waals surface area contributed by atoms with Crippen LogP contribution in [-0.4, -0.2) is 29.8 Å². The highest BCUT2D eigenvalue weighted by Gasteiger charge is 2.19. The van der Waals surface area contributed by atoms with Gasteiger partial charge in [-0.15, -0.1) is 0 Å². The maximum absolute atomic E-state index is 11.6. The van der Waals surface area contributed by atoms with E-state index in [2.05, 4.69) is 22.5 Å². The van der Waals surface area contributed by atoms with Crippen LogP contribution >= 0.6 is 0 Å². The Bertz CT molecular complexity index is 315. The maximum atomic E-state index is 11.6. The highest BCUT2D eigenvalue weighted by Crippen LogP contribution is 1.88. The van der Waals surface area contributed by atoms with E-state index in [4.69, 9.17) is 0 Å². The molecule has 0 fully saturated rings. The molecule has 0 bridgehead atoms. The lowest BCUT2D eigenvalue weighted by atomic mass is 10.2. The molecule has 3 N–H and O–H groups in total. The summed E-state index contributed by atoms with van der Waals surface area (Å²) in [4.78, 5) is 33.9. The van der Waals surface area contributed by atoms with E-state index in [0.29, 0.717) is 6.42 Å². The highest BCUT2D eigenvalue weighted by molar-refractivity contribution is 5.91. The van der Waals surface area contributed by atoms with Crippen molar-refractivity contribution < 1.29 is 14.4 Å². The molecule has 0 aromatic heterocycles. The Hall–Kier alpha value is -1.85. The van der Waals surface area contributed by atoms with Crippen molar-refractivity contribution in [2.24, 2.45) is 0 Å². The Morgan fingerprint density at radius 2 is 1.65 bits per heavy atom. The summed E-state index contributed by atoms with van der Waals surface area (Å²) >= 11 is 0. The van der Waals surface area contributed by atoms with Crippen LogP contribution in [0.25, 0.3) is 0 Å². The Balaban J connectivity index is 4.19. The fourth-order valence-electron chi connectivity index (χ4n) is 1.04. The smallest absolute Gasteiger partial charge is 0.246 e. The van der Waals surface area contributed by atoms with Crippen molar-refractivity contribution in [3.63, 3.8) is 0 Å². The molecule has 0 aromatic rings. The number of nitrogens with one attached hydrogen (secondary N) is 3. The number of hydrogen-bond acceptors (Lipinski definition) is 3. The van der Waals surface area contributed by atoms with Crippen molar-refractivity contribution in [2.75, 3.05) is 0 Å². The van der Waals surface area contributed by atoms with Crippen LogP contribution in [0.2, 0.25) is 0 Å². The highest BCUT2D eigenvalue weighted by atomic mass is 16.2. The second kappa shape index (κ2) is 7.43. The number of rotatable bonds is 6. The van der Waals surface area contributed by atoms with Crippen molar-refractivity contribution in [1.82, 2.24) is 16.0 Å². The summed E-state index contributed by atoms with van der Waals surface area (Å²) in [5, 5.41) is 7.35. The maximum Gasteiger partial charge on any atom is 0.246 e. The monoisotopic (exact) mass is 241 g/mol. The van der Waals surface area contributed by atoms with Gasteiger partial charge >= 0.3 is 0 Å². The van der Waals surface area contributed by atoms with Crippen LogP contribution in [0.5, 0.6) is 0 Å². The van der Waals surface area contributed by atoms with E-state index >= 15 is 0 Å².